The Morgan fingerprint density at radius 1 is 1.31 bits per heavy atom. The average molecular weight is 438 g/mol. The SMILES string of the molecule is COc1ccc2c(c1)CN(CC(C=O)(NC(N)=O)C1CCN(c3ncccn3)CC1)C2=O. The standard InChI is InChI=1S/C22H26N6O4/c1-32-17-3-4-18-15(11-17)12-28(19(18)30)13-22(14-29,26-20(23)31)16-5-9-27(10-6-16)21-24-7-2-8-25-21/h2-4,7-8,11,14,16H,5-6,9-10,12-13H2,1H3,(H3,23,26,31). The van der Waals surface area contributed by atoms with Crippen LogP contribution in [-0.2, 0) is 11.3 Å². The lowest BCUT2D eigenvalue weighted by atomic mass is 9.78. The highest BCUT2D eigenvalue weighted by Crippen LogP contribution is 2.33. The normalized spacial score (nSPS) is 18.1. The molecule has 10 nitrogen and oxygen atoms in total. The molecule has 2 aliphatic rings. The van der Waals surface area contributed by atoms with Crippen LogP contribution in [0.3, 0.4) is 0 Å². The van der Waals surface area contributed by atoms with Crippen molar-refractivity contribution in [3.63, 3.8) is 0 Å². The van der Waals surface area contributed by atoms with Gasteiger partial charge in [0.05, 0.1) is 13.7 Å². The van der Waals surface area contributed by atoms with Crippen LogP contribution in [0.25, 0.3) is 0 Å². The minimum Gasteiger partial charge on any atom is -0.497 e. The first-order valence-electron chi connectivity index (χ1n) is 10.5. The fraction of sp³-hybridized carbons (Fsp3) is 0.409. The van der Waals surface area contributed by atoms with Gasteiger partial charge in [0.2, 0.25) is 5.95 Å². The zero-order valence-electron chi connectivity index (χ0n) is 17.9. The third-order valence-electron chi connectivity index (χ3n) is 6.27. The van der Waals surface area contributed by atoms with E-state index in [1.54, 1.807) is 42.6 Å². The summed E-state index contributed by atoms with van der Waals surface area (Å²) in [6, 6.07) is 6.23. The van der Waals surface area contributed by atoms with Crippen LogP contribution in [-0.4, -0.2) is 65.4 Å². The summed E-state index contributed by atoms with van der Waals surface area (Å²) in [7, 11) is 1.57. The van der Waals surface area contributed by atoms with Crippen LogP contribution in [0.15, 0.2) is 36.7 Å². The molecule has 10 heteroatoms. The van der Waals surface area contributed by atoms with Gasteiger partial charge in [0, 0.05) is 37.6 Å². The molecule has 1 aromatic heterocycles. The number of fused-ring (bicyclic) bond motifs is 1. The number of methoxy groups -OCH3 is 1. The zero-order chi connectivity index (χ0) is 22.7. The topological polar surface area (TPSA) is 131 Å². The number of aldehydes is 1. The number of benzene rings is 1. The number of ether oxygens (including phenoxy) is 1. The third-order valence-corrected chi connectivity index (χ3v) is 6.27. The van der Waals surface area contributed by atoms with Gasteiger partial charge in [-0.25, -0.2) is 14.8 Å². The Morgan fingerprint density at radius 3 is 2.66 bits per heavy atom. The second-order valence-electron chi connectivity index (χ2n) is 8.14. The van der Waals surface area contributed by atoms with Crippen LogP contribution in [0.2, 0.25) is 0 Å². The van der Waals surface area contributed by atoms with E-state index in [1.165, 1.54) is 0 Å². The van der Waals surface area contributed by atoms with Crippen molar-refractivity contribution in [1.29, 1.82) is 0 Å². The number of rotatable bonds is 7. The van der Waals surface area contributed by atoms with Gasteiger partial charge in [-0.1, -0.05) is 0 Å². The maximum absolute atomic E-state index is 13.0. The minimum atomic E-state index is -1.28. The van der Waals surface area contributed by atoms with Crippen molar-refractivity contribution in [3.05, 3.63) is 47.8 Å². The van der Waals surface area contributed by atoms with Crippen molar-refractivity contribution in [3.8, 4) is 5.75 Å². The number of nitrogens with one attached hydrogen (secondary N) is 1. The Hall–Kier alpha value is -3.69. The van der Waals surface area contributed by atoms with E-state index in [4.69, 9.17) is 10.5 Å². The number of hydrogen-bond acceptors (Lipinski definition) is 7. The highest BCUT2D eigenvalue weighted by molar-refractivity contribution is 5.99. The number of carbonyl (C=O) groups is 3. The maximum Gasteiger partial charge on any atom is 0.313 e. The van der Waals surface area contributed by atoms with Crippen LogP contribution in [0, 0.1) is 5.92 Å². The molecule has 0 bridgehead atoms. The second kappa shape index (κ2) is 8.81. The Balaban J connectivity index is 1.53. The Morgan fingerprint density at radius 2 is 2.03 bits per heavy atom. The van der Waals surface area contributed by atoms with Crippen molar-refractivity contribution in [2.75, 3.05) is 31.6 Å². The summed E-state index contributed by atoms with van der Waals surface area (Å²) >= 11 is 0. The van der Waals surface area contributed by atoms with Gasteiger partial charge in [-0.3, -0.25) is 4.79 Å². The van der Waals surface area contributed by atoms with Gasteiger partial charge < -0.3 is 30.4 Å². The third kappa shape index (κ3) is 4.08. The second-order valence-corrected chi connectivity index (χ2v) is 8.14. The van der Waals surface area contributed by atoms with Crippen molar-refractivity contribution in [1.82, 2.24) is 20.2 Å². The summed E-state index contributed by atoms with van der Waals surface area (Å²) < 4.78 is 5.25. The van der Waals surface area contributed by atoms with Gasteiger partial charge in [0.25, 0.3) is 5.91 Å². The maximum atomic E-state index is 13.0. The summed E-state index contributed by atoms with van der Waals surface area (Å²) in [5.74, 6) is 0.907. The molecule has 1 aromatic carbocycles. The van der Waals surface area contributed by atoms with Crippen molar-refractivity contribution in [2.45, 2.75) is 24.9 Å². The fourth-order valence-corrected chi connectivity index (χ4v) is 4.64. The van der Waals surface area contributed by atoms with Crippen LogP contribution < -0.4 is 20.7 Å². The molecule has 3 amide bonds. The summed E-state index contributed by atoms with van der Waals surface area (Å²) in [6.45, 7) is 1.62. The predicted octanol–water partition coefficient (Wildman–Crippen LogP) is 0.964. The van der Waals surface area contributed by atoms with Crippen LogP contribution in [0.4, 0.5) is 10.7 Å². The molecule has 32 heavy (non-hydrogen) atoms. The van der Waals surface area contributed by atoms with E-state index in [9.17, 15) is 14.4 Å². The lowest BCUT2D eigenvalue weighted by Gasteiger charge is -2.43. The van der Waals surface area contributed by atoms with E-state index >= 15 is 0 Å². The number of amides is 3. The van der Waals surface area contributed by atoms with Gasteiger partial charge in [-0.2, -0.15) is 0 Å². The number of piperidine rings is 1. The van der Waals surface area contributed by atoms with Crippen molar-refractivity contribution >= 4 is 24.2 Å². The van der Waals surface area contributed by atoms with Gasteiger partial charge in [0.15, 0.2) is 0 Å². The smallest absolute Gasteiger partial charge is 0.313 e. The molecule has 3 heterocycles. The fourth-order valence-electron chi connectivity index (χ4n) is 4.64. The van der Waals surface area contributed by atoms with Crippen molar-refractivity contribution in [2.24, 2.45) is 11.7 Å². The molecule has 1 saturated heterocycles. The number of aromatic nitrogens is 2. The number of anilines is 1. The number of urea groups is 1. The summed E-state index contributed by atoms with van der Waals surface area (Å²) in [6.07, 6.45) is 5.32. The van der Waals surface area contributed by atoms with Crippen molar-refractivity contribution < 1.29 is 19.1 Å². The van der Waals surface area contributed by atoms with E-state index in [1.807, 2.05) is 11.0 Å². The summed E-state index contributed by atoms with van der Waals surface area (Å²) in [5.41, 5.74) is 5.56. The molecule has 1 atom stereocenters. The van der Waals surface area contributed by atoms with E-state index in [0.29, 0.717) is 49.7 Å². The lowest BCUT2D eigenvalue weighted by molar-refractivity contribution is -0.116. The Labute approximate surface area is 185 Å². The molecular formula is C22H26N6O4. The molecule has 1 unspecified atom stereocenters. The van der Waals surface area contributed by atoms with E-state index in [0.717, 1.165) is 11.8 Å². The first-order chi connectivity index (χ1) is 15.5. The number of primary amides is 1. The molecule has 0 radical (unpaired) electrons. The first-order valence-corrected chi connectivity index (χ1v) is 10.5. The molecule has 168 valence electrons. The number of carbonyl (C=O) groups excluding carboxylic acids is 3. The zero-order valence-corrected chi connectivity index (χ0v) is 17.9. The summed E-state index contributed by atoms with van der Waals surface area (Å²) in [5, 5.41) is 2.67. The molecular weight excluding hydrogens is 412 g/mol. The molecule has 0 spiro atoms. The van der Waals surface area contributed by atoms with Crippen LogP contribution in [0.5, 0.6) is 5.75 Å². The molecule has 2 aliphatic heterocycles. The molecule has 0 aliphatic carbocycles. The van der Waals surface area contributed by atoms with Gasteiger partial charge in [-0.15, -0.1) is 0 Å². The summed E-state index contributed by atoms with van der Waals surface area (Å²) in [4.78, 5) is 49.5. The highest BCUT2D eigenvalue weighted by Gasteiger charge is 2.45. The molecule has 2 aromatic rings. The molecule has 3 N–H and O–H groups in total. The highest BCUT2D eigenvalue weighted by atomic mass is 16.5. The monoisotopic (exact) mass is 438 g/mol. The van der Waals surface area contributed by atoms with Gasteiger partial charge in [0.1, 0.15) is 17.6 Å². The minimum absolute atomic E-state index is 0.0434. The van der Waals surface area contributed by atoms with Gasteiger partial charge >= 0.3 is 6.03 Å². The molecule has 1 fully saturated rings. The first kappa shape index (κ1) is 21.5. The molecule has 0 saturated carbocycles. The number of hydrogen-bond donors (Lipinski definition) is 2. The van der Waals surface area contributed by atoms with E-state index < -0.39 is 11.6 Å². The van der Waals surface area contributed by atoms with E-state index in [2.05, 4.69) is 15.3 Å². The predicted molar refractivity (Wildman–Crippen MR) is 116 cm³/mol. The number of nitrogens with zero attached hydrogens (tertiary/aromatic N) is 4. The van der Waals surface area contributed by atoms with E-state index in [-0.39, 0.29) is 18.4 Å². The Kier molecular flexibility index (Phi) is 5.93. The average Bonchev–Trinajstić information content (AvgIpc) is 3.13. The molecule has 4 rings (SSSR count). The van der Waals surface area contributed by atoms with Crippen LogP contribution in [0.1, 0.15) is 28.8 Å². The van der Waals surface area contributed by atoms with Gasteiger partial charge in [-0.05, 0) is 48.6 Å². The largest absolute Gasteiger partial charge is 0.497 e. The van der Waals surface area contributed by atoms with Crippen LogP contribution >= 0.6 is 0 Å². The lowest BCUT2D eigenvalue weighted by Crippen LogP contribution is -2.64. The quantitative estimate of drug-likeness (QED) is 0.616. The Bertz CT molecular complexity index is 1010. The number of nitrogens with two attached hydrogens (primary N) is 1.